The molecule has 0 saturated heterocycles. The van der Waals surface area contributed by atoms with Crippen molar-refractivity contribution < 1.29 is 0 Å². The van der Waals surface area contributed by atoms with E-state index in [1.807, 2.05) is 6.20 Å². The molecule has 1 aliphatic heterocycles. The number of rotatable bonds is 0. The van der Waals surface area contributed by atoms with Gasteiger partial charge in [0.15, 0.2) is 0 Å². The summed E-state index contributed by atoms with van der Waals surface area (Å²) in [6.07, 6.45) is 4.79. The lowest BCUT2D eigenvalue weighted by atomic mass is 10.3. The topological polar surface area (TPSA) is 37.0 Å². The molecule has 0 atom stereocenters. The van der Waals surface area contributed by atoms with E-state index in [0.717, 1.165) is 35.4 Å². The van der Waals surface area contributed by atoms with E-state index in [9.17, 15) is 0 Å². The zero-order valence-corrected chi connectivity index (χ0v) is 8.19. The molecule has 12 heavy (non-hydrogen) atoms. The van der Waals surface area contributed by atoms with Gasteiger partial charge < -0.3 is 10.6 Å². The monoisotopic (exact) mass is 227 g/mol. The molecule has 0 aliphatic carbocycles. The van der Waals surface area contributed by atoms with Gasteiger partial charge in [0.05, 0.1) is 22.0 Å². The van der Waals surface area contributed by atoms with Crippen LogP contribution in [0.3, 0.4) is 0 Å². The Bertz CT molecular complexity index is 288. The summed E-state index contributed by atoms with van der Waals surface area (Å²) in [5, 5.41) is 6.65. The number of pyridine rings is 1. The van der Waals surface area contributed by atoms with Crippen LogP contribution >= 0.6 is 15.9 Å². The maximum atomic E-state index is 4.09. The van der Waals surface area contributed by atoms with Gasteiger partial charge in [-0.1, -0.05) is 0 Å². The summed E-state index contributed by atoms with van der Waals surface area (Å²) < 4.78 is 1.02. The third-order valence-electron chi connectivity index (χ3n) is 1.87. The van der Waals surface area contributed by atoms with Crippen molar-refractivity contribution >= 4 is 27.3 Å². The first-order chi connectivity index (χ1) is 5.88. The Kier molecular flexibility index (Phi) is 2.17. The van der Waals surface area contributed by atoms with Gasteiger partial charge in [0.2, 0.25) is 0 Å². The zero-order chi connectivity index (χ0) is 8.39. The van der Waals surface area contributed by atoms with Crippen LogP contribution in [0, 0.1) is 0 Å². The number of hydrogen-bond acceptors (Lipinski definition) is 3. The minimum absolute atomic E-state index is 1.01. The molecule has 2 rings (SSSR count). The van der Waals surface area contributed by atoms with Crippen molar-refractivity contribution in [3.05, 3.63) is 16.9 Å². The van der Waals surface area contributed by atoms with E-state index in [2.05, 4.69) is 31.5 Å². The number of nitrogens with one attached hydrogen (secondary N) is 2. The van der Waals surface area contributed by atoms with E-state index in [1.54, 1.807) is 6.20 Å². The highest BCUT2D eigenvalue weighted by molar-refractivity contribution is 9.10. The summed E-state index contributed by atoms with van der Waals surface area (Å²) in [5.41, 5.74) is 2.21. The zero-order valence-electron chi connectivity index (χ0n) is 6.60. The molecule has 0 saturated carbocycles. The number of aromatic nitrogens is 1. The molecule has 1 aliphatic rings. The van der Waals surface area contributed by atoms with Crippen molar-refractivity contribution in [1.29, 1.82) is 0 Å². The first-order valence-corrected chi connectivity index (χ1v) is 4.78. The van der Waals surface area contributed by atoms with E-state index < -0.39 is 0 Å². The standard InChI is InChI=1S/C8H10BrN3/c9-6-4-10-5-7-8(6)12-3-1-2-11-7/h4-5,11-12H,1-3H2. The van der Waals surface area contributed by atoms with Crippen LogP contribution in [0.4, 0.5) is 11.4 Å². The lowest BCUT2D eigenvalue weighted by molar-refractivity contribution is 0.928. The molecule has 4 heteroatoms. The normalized spacial score (nSPS) is 15.4. The first-order valence-electron chi connectivity index (χ1n) is 3.99. The average molecular weight is 228 g/mol. The largest absolute Gasteiger partial charge is 0.382 e. The van der Waals surface area contributed by atoms with Gasteiger partial charge in [0.1, 0.15) is 0 Å². The smallest absolute Gasteiger partial charge is 0.0774 e. The highest BCUT2D eigenvalue weighted by Gasteiger charge is 2.08. The van der Waals surface area contributed by atoms with Crippen LogP contribution in [0.15, 0.2) is 16.9 Å². The predicted octanol–water partition coefficient (Wildman–Crippen LogP) is 2.07. The number of fused-ring (bicyclic) bond motifs is 1. The second-order valence-electron chi connectivity index (χ2n) is 2.75. The van der Waals surface area contributed by atoms with Crippen LogP contribution in [-0.4, -0.2) is 18.1 Å². The van der Waals surface area contributed by atoms with Gasteiger partial charge in [-0.2, -0.15) is 0 Å². The molecule has 2 N–H and O–H groups in total. The maximum Gasteiger partial charge on any atom is 0.0774 e. The lowest BCUT2D eigenvalue weighted by Gasteiger charge is -2.08. The van der Waals surface area contributed by atoms with E-state index in [1.165, 1.54) is 0 Å². The van der Waals surface area contributed by atoms with Crippen LogP contribution in [0.1, 0.15) is 6.42 Å². The van der Waals surface area contributed by atoms with Gasteiger partial charge in [0.25, 0.3) is 0 Å². The fraction of sp³-hybridized carbons (Fsp3) is 0.375. The molecule has 64 valence electrons. The molecule has 1 aromatic rings. The Balaban J connectivity index is 2.42. The molecule has 0 radical (unpaired) electrons. The molecule has 1 aromatic heterocycles. The highest BCUT2D eigenvalue weighted by atomic mass is 79.9. The van der Waals surface area contributed by atoms with Gasteiger partial charge in [-0.15, -0.1) is 0 Å². The van der Waals surface area contributed by atoms with Crippen molar-refractivity contribution in [3.8, 4) is 0 Å². The van der Waals surface area contributed by atoms with Crippen LogP contribution in [-0.2, 0) is 0 Å². The van der Waals surface area contributed by atoms with Crippen LogP contribution < -0.4 is 10.6 Å². The maximum absolute atomic E-state index is 4.09. The van der Waals surface area contributed by atoms with Gasteiger partial charge in [0, 0.05) is 19.3 Å². The Morgan fingerprint density at radius 3 is 3.00 bits per heavy atom. The molecule has 0 bridgehead atoms. The van der Waals surface area contributed by atoms with Crippen molar-refractivity contribution in [2.24, 2.45) is 0 Å². The Morgan fingerprint density at radius 1 is 1.25 bits per heavy atom. The number of halogens is 1. The van der Waals surface area contributed by atoms with Gasteiger partial charge in [-0.05, 0) is 22.4 Å². The van der Waals surface area contributed by atoms with E-state index in [0.29, 0.717) is 0 Å². The van der Waals surface area contributed by atoms with Gasteiger partial charge in [-0.25, -0.2) is 0 Å². The molecule has 0 aromatic carbocycles. The summed E-state index contributed by atoms with van der Waals surface area (Å²) in [6.45, 7) is 2.03. The van der Waals surface area contributed by atoms with Crippen LogP contribution in [0.25, 0.3) is 0 Å². The predicted molar refractivity (Wildman–Crippen MR) is 53.5 cm³/mol. The average Bonchev–Trinajstić information content (AvgIpc) is 2.30. The second kappa shape index (κ2) is 3.31. The van der Waals surface area contributed by atoms with Crippen molar-refractivity contribution in [3.63, 3.8) is 0 Å². The van der Waals surface area contributed by atoms with Crippen molar-refractivity contribution in [2.45, 2.75) is 6.42 Å². The fourth-order valence-corrected chi connectivity index (χ4v) is 1.75. The second-order valence-corrected chi connectivity index (χ2v) is 3.61. The summed E-state index contributed by atoms with van der Waals surface area (Å²) >= 11 is 3.45. The third-order valence-corrected chi connectivity index (χ3v) is 2.47. The molecule has 2 heterocycles. The van der Waals surface area contributed by atoms with Gasteiger partial charge >= 0.3 is 0 Å². The quantitative estimate of drug-likeness (QED) is 0.713. The molecular weight excluding hydrogens is 218 g/mol. The molecular formula is C8H10BrN3. The van der Waals surface area contributed by atoms with Gasteiger partial charge in [-0.3, -0.25) is 4.98 Å². The van der Waals surface area contributed by atoms with Crippen molar-refractivity contribution in [1.82, 2.24) is 4.98 Å². The molecule has 0 unspecified atom stereocenters. The summed E-state index contributed by atoms with van der Waals surface area (Å²) in [4.78, 5) is 4.09. The van der Waals surface area contributed by atoms with Crippen LogP contribution in [0.5, 0.6) is 0 Å². The summed E-state index contributed by atoms with van der Waals surface area (Å²) in [6, 6.07) is 0. The Labute approximate surface area is 79.7 Å². The third kappa shape index (κ3) is 1.39. The fourth-order valence-electron chi connectivity index (χ4n) is 1.27. The van der Waals surface area contributed by atoms with E-state index >= 15 is 0 Å². The molecule has 3 nitrogen and oxygen atoms in total. The minimum atomic E-state index is 1.01. The minimum Gasteiger partial charge on any atom is -0.382 e. The van der Waals surface area contributed by atoms with E-state index in [4.69, 9.17) is 0 Å². The number of anilines is 2. The first kappa shape index (κ1) is 7.86. The van der Waals surface area contributed by atoms with Crippen LogP contribution in [0.2, 0.25) is 0 Å². The molecule has 0 spiro atoms. The molecule has 0 amide bonds. The number of nitrogens with zero attached hydrogens (tertiary/aromatic N) is 1. The van der Waals surface area contributed by atoms with E-state index in [-0.39, 0.29) is 0 Å². The lowest BCUT2D eigenvalue weighted by Crippen LogP contribution is -2.01. The number of hydrogen-bond donors (Lipinski definition) is 2. The summed E-state index contributed by atoms with van der Waals surface area (Å²) in [7, 11) is 0. The highest BCUT2D eigenvalue weighted by Crippen LogP contribution is 2.30. The Morgan fingerprint density at radius 2 is 2.08 bits per heavy atom. The summed E-state index contributed by atoms with van der Waals surface area (Å²) in [5.74, 6) is 0. The molecule has 0 fully saturated rings. The SMILES string of the molecule is Brc1cncc2c1NCCCN2. The Hall–Kier alpha value is -0.770. The van der Waals surface area contributed by atoms with Crippen molar-refractivity contribution in [2.75, 3.05) is 23.7 Å².